The maximum absolute atomic E-state index is 3.48. The van der Waals surface area contributed by atoms with Gasteiger partial charge in [0.1, 0.15) is 0 Å². The van der Waals surface area contributed by atoms with Crippen LogP contribution in [0.2, 0.25) is 0 Å². The number of halogens is 1. The summed E-state index contributed by atoms with van der Waals surface area (Å²) < 4.78 is 1.13. The van der Waals surface area contributed by atoms with Crippen molar-refractivity contribution in [2.75, 3.05) is 0 Å². The third-order valence-electron chi connectivity index (χ3n) is 1.65. The Morgan fingerprint density at radius 3 is 2.58 bits per heavy atom. The van der Waals surface area contributed by atoms with Crippen LogP contribution in [0.1, 0.15) is 0 Å². The first-order valence-electron chi connectivity index (χ1n) is 3.43. The molecule has 2 aromatic rings. The average Bonchev–Trinajstić information content (AvgIpc) is 2.06. The Morgan fingerprint density at radius 1 is 1.08 bits per heavy atom. The van der Waals surface area contributed by atoms with E-state index < -0.39 is 0 Å². The standard InChI is InChI=1S/C10H6Br.Li/c11-10-7-3-5-8-4-1-2-6-9(8)10;/h1-4,6-7H;/q-1;+1. The van der Waals surface area contributed by atoms with Crippen molar-refractivity contribution < 1.29 is 18.9 Å². The molecule has 0 aliphatic carbocycles. The Bertz CT molecular complexity index is 379. The van der Waals surface area contributed by atoms with Gasteiger partial charge in [0.05, 0.1) is 0 Å². The normalized spacial score (nSPS) is 9.42. The summed E-state index contributed by atoms with van der Waals surface area (Å²) in [5.74, 6) is 0. The minimum Gasteiger partial charge on any atom is -0.146 e. The maximum atomic E-state index is 3.48. The van der Waals surface area contributed by atoms with Crippen LogP contribution in [0.15, 0.2) is 40.9 Å². The number of rotatable bonds is 0. The summed E-state index contributed by atoms with van der Waals surface area (Å²) in [4.78, 5) is 0. The molecule has 12 heavy (non-hydrogen) atoms. The molecule has 0 amide bonds. The molecule has 0 spiro atoms. The zero-order valence-electron chi connectivity index (χ0n) is 6.84. The van der Waals surface area contributed by atoms with Gasteiger partial charge in [-0.2, -0.15) is 0 Å². The predicted octanol–water partition coefficient (Wildman–Crippen LogP) is 0.406. The molecule has 0 unspecified atom stereocenters. The van der Waals surface area contributed by atoms with Crippen LogP contribution in [0.3, 0.4) is 0 Å². The van der Waals surface area contributed by atoms with Crippen LogP contribution in [-0.2, 0) is 0 Å². The summed E-state index contributed by atoms with van der Waals surface area (Å²) >= 11 is 3.48. The molecule has 0 nitrogen and oxygen atoms in total. The van der Waals surface area contributed by atoms with Crippen molar-refractivity contribution in [3.8, 4) is 0 Å². The van der Waals surface area contributed by atoms with Gasteiger partial charge in [0.25, 0.3) is 0 Å². The second-order valence-electron chi connectivity index (χ2n) is 2.37. The average molecular weight is 213 g/mol. The Hall–Kier alpha value is -0.223. The summed E-state index contributed by atoms with van der Waals surface area (Å²) in [7, 11) is 0. The maximum Gasteiger partial charge on any atom is 1.00 e. The van der Waals surface area contributed by atoms with Gasteiger partial charge in [-0.1, -0.05) is 37.9 Å². The zero-order valence-corrected chi connectivity index (χ0v) is 8.43. The molecule has 0 heterocycles. The van der Waals surface area contributed by atoms with Gasteiger partial charge in [0.15, 0.2) is 0 Å². The number of benzene rings is 2. The van der Waals surface area contributed by atoms with Gasteiger partial charge in [-0.3, -0.25) is 0 Å². The van der Waals surface area contributed by atoms with E-state index in [1.54, 1.807) is 0 Å². The van der Waals surface area contributed by atoms with Crippen LogP contribution in [-0.4, -0.2) is 0 Å². The Balaban J connectivity index is 0.000000720. The molecule has 0 aliphatic heterocycles. The van der Waals surface area contributed by atoms with Crippen molar-refractivity contribution in [1.29, 1.82) is 0 Å². The largest absolute Gasteiger partial charge is 1.00 e. The minimum absolute atomic E-state index is 0. The number of hydrogen-bond acceptors (Lipinski definition) is 0. The van der Waals surface area contributed by atoms with Gasteiger partial charge in [0.2, 0.25) is 0 Å². The third kappa shape index (κ3) is 1.74. The molecule has 0 aromatic heterocycles. The van der Waals surface area contributed by atoms with Gasteiger partial charge in [-0.15, -0.1) is 35.7 Å². The van der Waals surface area contributed by atoms with E-state index in [0.717, 1.165) is 9.86 Å². The molecule has 0 saturated heterocycles. The SMILES string of the molecule is Brc1cc[c-]c2ccccc12.[Li+]. The van der Waals surface area contributed by atoms with Crippen LogP contribution < -0.4 is 18.9 Å². The predicted molar refractivity (Wildman–Crippen MR) is 50.5 cm³/mol. The van der Waals surface area contributed by atoms with Crippen LogP contribution >= 0.6 is 15.9 Å². The molecule has 54 valence electrons. The van der Waals surface area contributed by atoms with Crippen LogP contribution in [0.5, 0.6) is 0 Å². The fraction of sp³-hybridized carbons (Fsp3) is 0. The fourth-order valence-corrected chi connectivity index (χ4v) is 1.59. The Morgan fingerprint density at radius 2 is 1.83 bits per heavy atom. The van der Waals surface area contributed by atoms with Gasteiger partial charge >= 0.3 is 18.9 Å². The van der Waals surface area contributed by atoms with E-state index in [0.29, 0.717) is 0 Å². The van der Waals surface area contributed by atoms with Crippen molar-refractivity contribution >= 4 is 26.7 Å². The Labute approximate surface area is 92.3 Å². The van der Waals surface area contributed by atoms with Crippen molar-refractivity contribution in [3.63, 3.8) is 0 Å². The monoisotopic (exact) mass is 212 g/mol. The molecular formula is C10H6BrLi. The molecule has 0 atom stereocenters. The second kappa shape index (κ2) is 4.14. The summed E-state index contributed by atoms with van der Waals surface area (Å²) in [6.07, 6.45) is 0. The smallest absolute Gasteiger partial charge is 0.146 e. The van der Waals surface area contributed by atoms with Crippen molar-refractivity contribution in [1.82, 2.24) is 0 Å². The quantitative estimate of drug-likeness (QED) is 0.439. The summed E-state index contributed by atoms with van der Waals surface area (Å²) in [5.41, 5.74) is 0. The second-order valence-corrected chi connectivity index (χ2v) is 3.23. The van der Waals surface area contributed by atoms with Crippen LogP contribution in [0.25, 0.3) is 10.8 Å². The Kier molecular flexibility index (Phi) is 3.40. The van der Waals surface area contributed by atoms with Gasteiger partial charge in [-0.05, 0) is 0 Å². The molecule has 2 heteroatoms. The molecule has 2 rings (SSSR count). The van der Waals surface area contributed by atoms with E-state index in [1.807, 2.05) is 24.3 Å². The van der Waals surface area contributed by atoms with Crippen LogP contribution in [0.4, 0.5) is 0 Å². The molecule has 0 aliphatic rings. The summed E-state index contributed by atoms with van der Waals surface area (Å²) in [6.45, 7) is 0. The van der Waals surface area contributed by atoms with Crippen molar-refractivity contribution in [3.05, 3.63) is 46.9 Å². The van der Waals surface area contributed by atoms with E-state index in [9.17, 15) is 0 Å². The molecule has 2 aromatic carbocycles. The van der Waals surface area contributed by atoms with E-state index >= 15 is 0 Å². The summed E-state index contributed by atoms with van der Waals surface area (Å²) in [6, 6.07) is 15.3. The van der Waals surface area contributed by atoms with E-state index in [-0.39, 0.29) is 18.9 Å². The van der Waals surface area contributed by atoms with Crippen LogP contribution in [0, 0.1) is 6.07 Å². The van der Waals surface area contributed by atoms with Crippen molar-refractivity contribution in [2.24, 2.45) is 0 Å². The number of fused-ring (bicyclic) bond motifs is 1. The van der Waals surface area contributed by atoms with Gasteiger partial charge in [-0.25, -0.2) is 0 Å². The molecule has 0 N–H and O–H groups in total. The first-order valence-corrected chi connectivity index (χ1v) is 4.22. The van der Waals surface area contributed by atoms with Crippen molar-refractivity contribution in [2.45, 2.75) is 0 Å². The number of hydrogen-bond donors (Lipinski definition) is 0. The van der Waals surface area contributed by atoms with E-state index in [4.69, 9.17) is 0 Å². The topological polar surface area (TPSA) is 0 Å². The first kappa shape index (κ1) is 9.86. The van der Waals surface area contributed by atoms with E-state index in [2.05, 4.69) is 34.1 Å². The van der Waals surface area contributed by atoms with Gasteiger partial charge in [0, 0.05) is 0 Å². The first-order chi connectivity index (χ1) is 5.38. The summed E-state index contributed by atoms with van der Waals surface area (Å²) in [5, 5.41) is 2.37. The molecular weight excluding hydrogens is 207 g/mol. The molecule has 0 fully saturated rings. The third-order valence-corrected chi connectivity index (χ3v) is 2.34. The zero-order chi connectivity index (χ0) is 7.68. The molecule has 0 bridgehead atoms. The molecule has 0 radical (unpaired) electrons. The van der Waals surface area contributed by atoms with Gasteiger partial charge < -0.3 is 0 Å². The minimum atomic E-state index is 0. The fourth-order valence-electron chi connectivity index (χ4n) is 1.11. The van der Waals surface area contributed by atoms with E-state index in [1.165, 1.54) is 5.39 Å². The molecule has 0 saturated carbocycles.